The van der Waals surface area contributed by atoms with Crippen LogP contribution in [0.25, 0.3) is 16.9 Å². The fourth-order valence-electron chi connectivity index (χ4n) is 2.05. The summed E-state index contributed by atoms with van der Waals surface area (Å²) < 4.78 is 28.0. The molecule has 0 unspecified atom stereocenters. The van der Waals surface area contributed by atoms with Crippen molar-refractivity contribution in [2.75, 3.05) is 0 Å². The highest BCUT2D eigenvalue weighted by Crippen LogP contribution is 2.27. The molecular formula is C15H7ClF2N4. The Hall–Kier alpha value is -2.78. The van der Waals surface area contributed by atoms with Crippen molar-refractivity contribution in [2.45, 2.75) is 0 Å². The molecule has 3 rings (SSSR count). The van der Waals surface area contributed by atoms with Crippen LogP contribution in [0.4, 0.5) is 8.78 Å². The monoisotopic (exact) mass is 316 g/mol. The molecule has 0 spiro atoms. The van der Waals surface area contributed by atoms with Crippen LogP contribution in [0.3, 0.4) is 0 Å². The first-order valence-electron chi connectivity index (χ1n) is 6.17. The second-order valence-electron chi connectivity index (χ2n) is 4.42. The predicted octanol–water partition coefficient (Wildman–Crippen LogP) is 3.74. The summed E-state index contributed by atoms with van der Waals surface area (Å²) in [6, 6.07) is 11.6. The molecular weight excluding hydrogens is 310 g/mol. The highest BCUT2D eigenvalue weighted by Gasteiger charge is 2.17. The number of aromatic nitrogens is 3. The lowest BCUT2D eigenvalue weighted by molar-refractivity contribution is 0.627. The summed E-state index contributed by atoms with van der Waals surface area (Å²) in [7, 11) is 0. The maximum atomic E-state index is 13.4. The number of hydrogen-bond donors (Lipinski definition) is 0. The van der Waals surface area contributed by atoms with E-state index in [-0.39, 0.29) is 10.7 Å². The molecule has 22 heavy (non-hydrogen) atoms. The van der Waals surface area contributed by atoms with E-state index < -0.39 is 11.6 Å². The first-order valence-corrected chi connectivity index (χ1v) is 6.55. The molecule has 0 aliphatic carbocycles. The molecule has 0 radical (unpaired) electrons. The van der Waals surface area contributed by atoms with Gasteiger partial charge < -0.3 is 0 Å². The Balaban J connectivity index is 2.24. The summed E-state index contributed by atoms with van der Waals surface area (Å²) in [5, 5.41) is 16.7. The fourth-order valence-corrected chi connectivity index (χ4v) is 2.22. The van der Waals surface area contributed by atoms with Gasteiger partial charge in [0.15, 0.2) is 5.69 Å². The van der Waals surface area contributed by atoms with Gasteiger partial charge in [-0.25, -0.2) is 13.5 Å². The largest absolute Gasteiger partial charge is 0.211 e. The van der Waals surface area contributed by atoms with Gasteiger partial charge in [0.1, 0.15) is 23.4 Å². The van der Waals surface area contributed by atoms with E-state index in [9.17, 15) is 8.78 Å². The van der Waals surface area contributed by atoms with E-state index in [1.54, 1.807) is 6.07 Å². The molecule has 4 nitrogen and oxygen atoms in total. The minimum atomic E-state index is -0.571. The van der Waals surface area contributed by atoms with Gasteiger partial charge in [-0.15, -0.1) is 5.10 Å². The highest BCUT2D eigenvalue weighted by atomic mass is 35.5. The molecule has 0 saturated heterocycles. The maximum Gasteiger partial charge on any atom is 0.191 e. The molecule has 0 N–H and O–H groups in total. The molecule has 0 amide bonds. The number of halogens is 3. The molecule has 0 aliphatic heterocycles. The zero-order valence-electron chi connectivity index (χ0n) is 11.0. The summed E-state index contributed by atoms with van der Waals surface area (Å²) in [4.78, 5) is 0. The van der Waals surface area contributed by atoms with Gasteiger partial charge in [0, 0.05) is 5.56 Å². The first kappa shape index (κ1) is 14.2. The number of nitrogens with zero attached hydrogens (tertiary/aromatic N) is 4. The zero-order chi connectivity index (χ0) is 15.7. The van der Waals surface area contributed by atoms with Crippen molar-refractivity contribution in [1.82, 2.24) is 15.0 Å². The van der Waals surface area contributed by atoms with Crippen LogP contribution in [0.2, 0.25) is 5.02 Å². The average molecular weight is 317 g/mol. The van der Waals surface area contributed by atoms with Gasteiger partial charge in [-0.1, -0.05) is 28.9 Å². The summed E-state index contributed by atoms with van der Waals surface area (Å²) in [6.45, 7) is 0. The van der Waals surface area contributed by atoms with Gasteiger partial charge in [-0.05, 0) is 30.3 Å². The van der Waals surface area contributed by atoms with E-state index >= 15 is 0 Å². The molecule has 0 aliphatic rings. The lowest BCUT2D eigenvalue weighted by Gasteiger charge is -2.07. The Bertz CT molecular complexity index is 899. The van der Waals surface area contributed by atoms with Crippen LogP contribution in [0.15, 0.2) is 42.5 Å². The third-order valence-corrected chi connectivity index (χ3v) is 3.31. The minimum absolute atomic E-state index is 0.0334. The van der Waals surface area contributed by atoms with Gasteiger partial charge in [0.25, 0.3) is 0 Å². The van der Waals surface area contributed by atoms with Crippen molar-refractivity contribution in [2.24, 2.45) is 0 Å². The van der Waals surface area contributed by atoms with Gasteiger partial charge in [-0.3, -0.25) is 0 Å². The SMILES string of the molecule is N#Cc1nnn(-c2ccc(F)c(Cl)c2)c1-c1cccc(F)c1. The van der Waals surface area contributed by atoms with Crippen molar-refractivity contribution in [1.29, 1.82) is 5.26 Å². The average Bonchev–Trinajstić information content (AvgIpc) is 2.94. The standard InChI is InChI=1S/C15H7ClF2N4/c16-12-7-11(4-5-13(12)18)22-15(14(8-19)20-21-22)9-2-1-3-10(17)6-9/h1-7H. The zero-order valence-corrected chi connectivity index (χ0v) is 11.7. The Kier molecular flexibility index (Phi) is 3.57. The Morgan fingerprint density at radius 3 is 2.64 bits per heavy atom. The number of benzene rings is 2. The highest BCUT2D eigenvalue weighted by molar-refractivity contribution is 6.30. The summed E-state index contributed by atoms with van der Waals surface area (Å²) in [6.07, 6.45) is 0. The van der Waals surface area contributed by atoms with Crippen molar-refractivity contribution in [3.63, 3.8) is 0 Å². The predicted molar refractivity (Wildman–Crippen MR) is 76.4 cm³/mol. The third-order valence-electron chi connectivity index (χ3n) is 3.02. The molecule has 0 atom stereocenters. The molecule has 0 bridgehead atoms. The van der Waals surface area contributed by atoms with Crippen molar-refractivity contribution >= 4 is 11.6 Å². The fraction of sp³-hybridized carbons (Fsp3) is 0. The summed E-state index contributed by atoms with van der Waals surface area (Å²) in [5.41, 5.74) is 1.19. The lowest BCUT2D eigenvalue weighted by atomic mass is 10.1. The second kappa shape index (κ2) is 5.54. The smallest absolute Gasteiger partial charge is 0.191 e. The molecule has 1 aromatic heterocycles. The molecule has 3 aromatic rings. The van der Waals surface area contributed by atoms with Crippen LogP contribution in [0.5, 0.6) is 0 Å². The van der Waals surface area contributed by atoms with Gasteiger partial charge in [0.05, 0.1) is 10.7 Å². The normalized spacial score (nSPS) is 10.5. The quantitative estimate of drug-likeness (QED) is 0.723. The van der Waals surface area contributed by atoms with Gasteiger partial charge in [0.2, 0.25) is 0 Å². The van der Waals surface area contributed by atoms with E-state index in [4.69, 9.17) is 16.9 Å². The molecule has 1 heterocycles. The topological polar surface area (TPSA) is 54.5 Å². The first-order chi connectivity index (χ1) is 10.6. The van der Waals surface area contributed by atoms with Crippen molar-refractivity contribution in [3.05, 3.63) is 64.8 Å². The van der Waals surface area contributed by atoms with E-state index in [0.29, 0.717) is 16.9 Å². The number of nitriles is 1. The molecule has 0 fully saturated rings. The van der Waals surface area contributed by atoms with Crippen LogP contribution in [0.1, 0.15) is 5.69 Å². The minimum Gasteiger partial charge on any atom is -0.211 e. The number of hydrogen-bond acceptors (Lipinski definition) is 3. The summed E-state index contributed by atoms with van der Waals surface area (Å²) >= 11 is 5.77. The molecule has 0 saturated carbocycles. The van der Waals surface area contributed by atoms with Gasteiger partial charge >= 0.3 is 0 Å². The maximum absolute atomic E-state index is 13.4. The van der Waals surface area contributed by atoms with Crippen LogP contribution < -0.4 is 0 Å². The van der Waals surface area contributed by atoms with Crippen LogP contribution >= 0.6 is 11.6 Å². The third kappa shape index (κ3) is 2.43. The van der Waals surface area contributed by atoms with Crippen molar-refractivity contribution in [3.8, 4) is 23.0 Å². The lowest BCUT2D eigenvalue weighted by Crippen LogP contribution is -2.00. The van der Waals surface area contributed by atoms with Gasteiger partial charge in [-0.2, -0.15) is 5.26 Å². The Morgan fingerprint density at radius 1 is 1.14 bits per heavy atom. The van der Waals surface area contributed by atoms with E-state index in [1.807, 2.05) is 6.07 Å². The summed E-state index contributed by atoms with van der Waals surface area (Å²) in [5.74, 6) is -1.02. The van der Waals surface area contributed by atoms with E-state index in [2.05, 4.69) is 10.3 Å². The molecule has 2 aromatic carbocycles. The van der Waals surface area contributed by atoms with Crippen molar-refractivity contribution < 1.29 is 8.78 Å². The van der Waals surface area contributed by atoms with E-state index in [0.717, 1.165) is 0 Å². The van der Waals surface area contributed by atoms with E-state index in [1.165, 1.54) is 41.1 Å². The van der Waals surface area contributed by atoms with Crippen LogP contribution in [-0.4, -0.2) is 15.0 Å². The van der Waals surface area contributed by atoms with Crippen LogP contribution in [0, 0.1) is 23.0 Å². The second-order valence-corrected chi connectivity index (χ2v) is 4.83. The Labute approximate surface area is 129 Å². The Morgan fingerprint density at radius 2 is 1.95 bits per heavy atom. The molecule has 108 valence electrons. The number of rotatable bonds is 2. The molecule has 7 heteroatoms. The van der Waals surface area contributed by atoms with Crippen LogP contribution in [-0.2, 0) is 0 Å².